The Kier molecular flexibility index (Phi) is 12.8. The zero-order chi connectivity index (χ0) is 21.5. The molecule has 0 aromatic heterocycles. The number of carbonyl (C=O) groups excluding carboxylic acids is 1. The van der Waals surface area contributed by atoms with Crippen LogP contribution >= 0.6 is 6.83 Å². The third kappa shape index (κ3) is 8.41. The van der Waals surface area contributed by atoms with Gasteiger partial charge in [-0.05, 0) is 0 Å². The molecule has 1 rings (SSSR count). The van der Waals surface area contributed by atoms with Gasteiger partial charge in [-0.25, -0.2) is 0 Å². The van der Waals surface area contributed by atoms with Crippen molar-refractivity contribution in [2.45, 2.75) is 105 Å². The Bertz CT molecular complexity index is 521. The molecular formula is C26H47O2P. The summed E-state index contributed by atoms with van der Waals surface area (Å²) >= 11 is 0. The third-order valence-corrected chi connectivity index (χ3v) is 12.8. The molecule has 0 saturated carbocycles. The second-order valence-electron chi connectivity index (χ2n) is 8.89. The van der Waals surface area contributed by atoms with Crippen LogP contribution in [0.15, 0.2) is 30.3 Å². The first-order chi connectivity index (χ1) is 14.0. The predicted octanol–water partition coefficient (Wildman–Crippen LogP) is 8.08. The molecule has 0 unspecified atom stereocenters. The molecule has 0 aliphatic rings. The standard InChI is InChI=1S/C26H47O2P/c1-5-8-11-17-22-29(28-25(4)27,23-18-12-9-6-2,24-19-13-10-7-3)26-20-15-14-16-21-26/h14-16,20-21H,5-13,17-19,22-24H2,1-4H3. The molecular weight excluding hydrogens is 375 g/mol. The number of carbonyl (C=O) groups is 1. The molecule has 1 aromatic rings. The summed E-state index contributed by atoms with van der Waals surface area (Å²) in [4.78, 5) is 12.5. The average Bonchev–Trinajstić information content (AvgIpc) is 2.72. The molecule has 29 heavy (non-hydrogen) atoms. The van der Waals surface area contributed by atoms with Gasteiger partial charge in [0.1, 0.15) is 0 Å². The van der Waals surface area contributed by atoms with Gasteiger partial charge in [-0.15, -0.1) is 0 Å². The summed E-state index contributed by atoms with van der Waals surface area (Å²) in [6, 6.07) is 10.9. The molecule has 3 heteroatoms. The fourth-order valence-corrected chi connectivity index (χ4v) is 11.1. The molecule has 0 bridgehead atoms. The van der Waals surface area contributed by atoms with Crippen LogP contribution in [-0.4, -0.2) is 24.5 Å². The Morgan fingerprint density at radius 3 is 1.45 bits per heavy atom. The molecule has 0 saturated heterocycles. The van der Waals surface area contributed by atoms with Crippen molar-refractivity contribution < 1.29 is 9.32 Å². The van der Waals surface area contributed by atoms with Gasteiger partial charge in [0.2, 0.25) is 0 Å². The van der Waals surface area contributed by atoms with E-state index in [1.54, 1.807) is 6.92 Å². The predicted molar refractivity (Wildman–Crippen MR) is 132 cm³/mol. The van der Waals surface area contributed by atoms with Crippen LogP contribution in [0.4, 0.5) is 0 Å². The zero-order valence-electron chi connectivity index (χ0n) is 19.8. The van der Waals surface area contributed by atoms with Gasteiger partial charge in [0, 0.05) is 0 Å². The second kappa shape index (κ2) is 14.2. The van der Waals surface area contributed by atoms with Crippen LogP contribution in [0.2, 0.25) is 0 Å². The normalized spacial score (nSPS) is 13.0. The van der Waals surface area contributed by atoms with Crippen LogP contribution in [0.3, 0.4) is 0 Å². The Hall–Kier alpha value is -0.880. The summed E-state index contributed by atoms with van der Waals surface area (Å²) < 4.78 is 6.64. The van der Waals surface area contributed by atoms with E-state index in [0.29, 0.717) is 0 Å². The minimum atomic E-state index is -2.79. The van der Waals surface area contributed by atoms with E-state index >= 15 is 0 Å². The van der Waals surface area contributed by atoms with E-state index in [-0.39, 0.29) is 5.97 Å². The first-order valence-electron chi connectivity index (χ1n) is 12.3. The van der Waals surface area contributed by atoms with E-state index in [4.69, 9.17) is 4.52 Å². The monoisotopic (exact) mass is 422 g/mol. The molecule has 0 spiro atoms. The SMILES string of the molecule is CCCCCCP(CCCCCC)(CCCCCC)(OC(C)=O)c1ccccc1. The summed E-state index contributed by atoms with van der Waals surface area (Å²) in [6.45, 7) is 5.63. The van der Waals surface area contributed by atoms with Gasteiger partial charge in [0.15, 0.2) is 0 Å². The molecule has 0 heterocycles. The Morgan fingerprint density at radius 1 is 0.690 bits per heavy atom. The average molecular weight is 423 g/mol. The number of unbranched alkanes of at least 4 members (excludes halogenated alkanes) is 9. The van der Waals surface area contributed by atoms with Crippen molar-refractivity contribution in [3.63, 3.8) is 0 Å². The topological polar surface area (TPSA) is 26.3 Å². The summed E-state index contributed by atoms with van der Waals surface area (Å²) in [5, 5.41) is 1.35. The van der Waals surface area contributed by atoms with Crippen LogP contribution in [0.25, 0.3) is 0 Å². The number of hydrogen-bond donors (Lipinski definition) is 0. The van der Waals surface area contributed by atoms with E-state index in [1.807, 2.05) is 0 Å². The molecule has 0 atom stereocenters. The third-order valence-electron chi connectivity index (χ3n) is 6.37. The van der Waals surface area contributed by atoms with Crippen molar-refractivity contribution in [2.24, 2.45) is 0 Å². The number of rotatable bonds is 17. The fraction of sp³-hybridized carbons (Fsp3) is 0.731. The maximum atomic E-state index is 12.5. The summed E-state index contributed by atoms with van der Waals surface area (Å²) in [6.07, 6.45) is 18.0. The van der Waals surface area contributed by atoms with Crippen molar-refractivity contribution in [1.82, 2.24) is 0 Å². The Labute approximate surface area is 181 Å². The maximum absolute atomic E-state index is 12.5. The van der Waals surface area contributed by atoms with Crippen molar-refractivity contribution in [1.29, 1.82) is 0 Å². The van der Waals surface area contributed by atoms with Gasteiger partial charge in [-0.1, -0.05) is 0 Å². The van der Waals surface area contributed by atoms with Crippen LogP contribution < -0.4 is 5.30 Å². The van der Waals surface area contributed by atoms with Crippen molar-refractivity contribution >= 4 is 18.1 Å². The quantitative estimate of drug-likeness (QED) is 0.187. The first kappa shape index (κ1) is 26.2. The molecule has 1 aromatic carbocycles. The summed E-state index contributed by atoms with van der Waals surface area (Å²) in [5.74, 6) is -0.0759. The molecule has 0 radical (unpaired) electrons. The van der Waals surface area contributed by atoms with Crippen molar-refractivity contribution in [3.8, 4) is 0 Å². The summed E-state index contributed by atoms with van der Waals surface area (Å²) in [5.41, 5.74) is 0. The first-order valence-corrected chi connectivity index (χ1v) is 15.0. The molecule has 0 aliphatic carbocycles. The molecule has 0 N–H and O–H groups in total. The molecule has 0 aliphatic heterocycles. The molecule has 168 valence electrons. The van der Waals surface area contributed by atoms with E-state index in [9.17, 15) is 4.79 Å². The van der Waals surface area contributed by atoms with Crippen molar-refractivity contribution in [3.05, 3.63) is 30.3 Å². The van der Waals surface area contributed by atoms with Gasteiger partial charge in [-0.2, -0.15) is 0 Å². The van der Waals surface area contributed by atoms with E-state index in [1.165, 1.54) is 82.4 Å². The van der Waals surface area contributed by atoms with E-state index in [0.717, 1.165) is 18.5 Å². The fourth-order valence-electron chi connectivity index (χ4n) is 4.77. The molecule has 0 amide bonds. The Morgan fingerprint density at radius 2 is 1.10 bits per heavy atom. The Balaban J connectivity index is 3.32. The van der Waals surface area contributed by atoms with Crippen molar-refractivity contribution in [2.75, 3.05) is 18.5 Å². The van der Waals surface area contributed by atoms with Gasteiger partial charge in [0.25, 0.3) is 0 Å². The van der Waals surface area contributed by atoms with Crippen LogP contribution in [0.5, 0.6) is 0 Å². The molecule has 0 fully saturated rings. The van der Waals surface area contributed by atoms with Crippen LogP contribution in [-0.2, 0) is 9.32 Å². The number of hydrogen-bond acceptors (Lipinski definition) is 2. The van der Waals surface area contributed by atoms with E-state index in [2.05, 4.69) is 51.1 Å². The zero-order valence-corrected chi connectivity index (χ0v) is 20.7. The number of benzene rings is 1. The van der Waals surface area contributed by atoms with Crippen LogP contribution in [0.1, 0.15) is 105 Å². The summed E-state index contributed by atoms with van der Waals surface area (Å²) in [7, 11) is 0. The minimum absolute atomic E-state index is 0.0759. The molecule has 2 nitrogen and oxygen atoms in total. The van der Waals surface area contributed by atoms with Gasteiger partial charge in [-0.3, -0.25) is 0 Å². The van der Waals surface area contributed by atoms with Gasteiger partial charge < -0.3 is 0 Å². The second-order valence-corrected chi connectivity index (χ2v) is 14.2. The van der Waals surface area contributed by atoms with E-state index < -0.39 is 6.83 Å². The van der Waals surface area contributed by atoms with Gasteiger partial charge in [0.05, 0.1) is 0 Å². The van der Waals surface area contributed by atoms with Crippen LogP contribution in [0, 0.1) is 0 Å². The van der Waals surface area contributed by atoms with Gasteiger partial charge >= 0.3 is 181 Å².